The summed E-state index contributed by atoms with van der Waals surface area (Å²) in [6, 6.07) is 6.31. The maximum Gasteiger partial charge on any atom is 0.320 e. The second-order valence-corrected chi connectivity index (χ2v) is 3.89. The number of carbonyl (C=O) groups excluding carboxylic acids is 1. The molecule has 0 aliphatic carbocycles. The van der Waals surface area contributed by atoms with Gasteiger partial charge in [-0.3, -0.25) is 14.9 Å². The van der Waals surface area contributed by atoms with Gasteiger partial charge in [0.15, 0.2) is 0 Å². The number of benzene rings is 1. The van der Waals surface area contributed by atoms with E-state index in [9.17, 15) is 14.9 Å². The minimum absolute atomic E-state index is 0.00452. The standard InChI is InChI=1S/C10H12N2O4S/c1-2-16-10(13)7-11-17-9-6-4-3-5-8(9)12(14)15/h3-6,11H,2,7H2,1H3. The zero-order valence-electron chi connectivity index (χ0n) is 9.21. The van der Waals surface area contributed by atoms with Gasteiger partial charge in [-0.1, -0.05) is 12.1 Å². The summed E-state index contributed by atoms with van der Waals surface area (Å²) in [6.45, 7) is 2.04. The van der Waals surface area contributed by atoms with Crippen molar-refractivity contribution in [3.8, 4) is 0 Å². The summed E-state index contributed by atoms with van der Waals surface area (Å²) >= 11 is 1.04. The minimum atomic E-state index is -0.464. The van der Waals surface area contributed by atoms with Gasteiger partial charge in [0.25, 0.3) is 5.69 Å². The Kier molecular flexibility index (Phi) is 5.44. The first-order chi connectivity index (χ1) is 8.15. The van der Waals surface area contributed by atoms with Gasteiger partial charge in [-0.15, -0.1) is 0 Å². The quantitative estimate of drug-likeness (QED) is 0.361. The van der Waals surface area contributed by atoms with Crippen molar-refractivity contribution < 1.29 is 14.5 Å². The van der Waals surface area contributed by atoms with Gasteiger partial charge < -0.3 is 4.74 Å². The van der Waals surface area contributed by atoms with Crippen molar-refractivity contribution in [1.82, 2.24) is 4.72 Å². The molecule has 0 bridgehead atoms. The molecule has 6 nitrogen and oxygen atoms in total. The highest BCUT2D eigenvalue weighted by Gasteiger charge is 2.13. The lowest BCUT2D eigenvalue weighted by molar-refractivity contribution is -0.387. The molecular formula is C10H12N2O4S. The van der Waals surface area contributed by atoms with E-state index in [0.29, 0.717) is 11.5 Å². The molecule has 0 aliphatic rings. The highest BCUT2D eigenvalue weighted by Crippen LogP contribution is 2.26. The summed E-state index contributed by atoms with van der Waals surface area (Å²) in [7, 11) is 0. The lowest BCUT2D eigenvalue weighted by atomic mass is 10.3. The zero-order valence-corrected chi connectivity index (χ0v) is 10.0. The fraction of sp³-hybridized carbons (Fsp3) is 0.300. The molecule has 0 saturated heterocycles. The smallest absolute Gasteiger partial charge is 0.320 e. The number of ether oxygens (including phenoxy) is 1. The van der Waals surface area contributed by atoms with E-state index < -0.39 is 10.9 Å². The summed E-state index contributed by atoms with van der Waals surface area (Å²) in [5, 5.41) is 10.7. The van der Waals surface area contributed by atoms with E-state index in [1.54, 1.807) is 25.1 Å². The van der Waals surface area contributed by atoms with Crippen LogP contribution in [0.15, 0.2) is 29.2 Å². The summed E-state index contributed by atoms with van der Waals surface area (Å²) in [5.41, 5.74) is 0.00820. The van der Waals surface area contributed by atoms with Gasteiger partial charge in [0.05, 0.1) is 11.5 Å². The monoisotopic (exact) mass is 256 g/mol. The molecule has 7 heteroatoms. The number of para-hydroxylation sites is 1. The Morgan fingerprint density at radius 1 is 1.53 bits per heavy atom. The third-order valence-electron chi connectivity index (χ3n) is 1.77. The topological polar surface area (TPSA) is 81.5 Å². The Bertz CT molecular complexity index is 411. The number of esters is 1. The molecule has 1 aromatic carbocycles. The third-order valence-corrected chi connectivity index (χ3v) is 2.62. The van der Waals surface area contributed by atoms with Gasteiger partial charge in [0.2, 0.25) is 0 Å². The van der Waals surface area contributed by atoms with Crippen LogP contribution in [0.25, 0.3) is 0 Å². The minimum Gasteiger partial charge on any atom is -0.465 e. The number of nitro groups is 1. The fourth-order valence-corrected chi connectivity index (χ4v) is 1.82. The van der Waals surface area contributed by atoms with Crippen LogP contribution in [0.5, 0.6) is 0 Å². The van der Waals surface area contributed by atoms with Gasteiger partial charge >= 0.3 is 5.97 Å². The average molecular weight is 256 g/mol. The molecule has 0 atom stereocenters. The molecule has 0 fully saturated rings. The number of nitrogens with zero attached hydrogens (tertiary/aromatic N) is 1. The van der Waals surface area contributed by atoms with Crippen LogP contribution in [0.3, 0.4) is 0 Å². The van der Waals surface area contributed by atoms with Gasteiger partial charge in [-0.25, -0.2) is 4.72 Å². The molecule has 0 aliphatic heterocycles. The number of nitro benzene ring substituents is 1. The Morgan fingerprint density at radius 2 is 2.24 bits per heavy atom. The number of hydrogen-bond acceptors (Lipinski definition) is 6. The van der Waals surface area contributed by atoms with E-state index >= 15 is 0 Å². The summed E-state index contributed by atoms with van der Waals surface area (Å²) < 4.78 is 7.43. The van der Waals surface area contributed by atoms with Crippen molar-refractivity contribution in [3.05, 3.63) is 34.4 Å². The van der Waals surface area contributed by atoms with Crippen molar-refractivity contribution in [2.24, 2.45) is 0 Å². The molecule has 0 saturated carbocycles. The maximum atomic E-state index is 11.0. The highest BCUT2D eigenvalue weighted by molar-refractivity contribution is 7.97. The SMILES string of the molecule is CCOC(=O)CNSc1ccccc1[N+](=O)[O-]. The van der Waals surface area contributed by atoms with Crippen LogP contribution in [-0.2, 0) is 9.53 Å². The predicted octanol–water partition coefficient (Wildman–Crippen LogP) is 1.75. The molecule has 1 aromatic rings. The van der Waals surface area contributed by atoms with E-state index in [2.05, 4.69) is 4.72 Å². The summed E-state index contributed by atoms with van der Waals surface area (Å²) in [4.78, 5) is 21.7. The van der Waals surface area contributed by atoms with Crippen LogP contribution in [0.4, 0.5) is 5.69 Å². The lowest BCUT2D eigenvalue weighted by Gasteiger charge is -2.04. The third kappa shape index (κ3) is 4.41. The number of rotatable bonds is 6. The van der Waals surface area contributed by atoms with E-state index in [0.717, 1.165) is 11.9 Å². The molecule has 0 aromatic heterocycles. The Balaban J connectivity index is 2.52. The van der Waals surface area contributed by atoms with E-state index in [4.69, 9.17) is 4.74 Å². The van der Waals surface area contributed by atoms with Crippen LogP contribution >= 0.6 is 11.9 Å². The van der Waals surface area contributed by atoms with Gasteiger partial charge in [0.1, 0.15) is 11.4 Å². The van der Waals surface area contributed by atoms with Crippen LogP contribution in [0.2, 0.25) is 0 Å². The fourth-order valence-electron chi connectivity index (χ4n) is 1.08. The predicted molar refractivity (Wildman–Crippen MR) is 63.6 cm³/mol. The zero-order chi connectivity index (χ0) is 12.7. The van der Waals surface area contributed by atoms with Crippen molar-refractivity contribution in [2.75, 3.05) is 13.2 Å². The summed E-state index contributed by atoms with van der Waals surface area (Å²) in [5.74, 6) is -0.390. The molecule has 1 N–H and O–H groups in total. The normalized spacial score (nSPS) is 9.94. The van der Waals surface area contributed by atoms with Gasteiger partial charge in [-0.05, 0) is 24.9 Å². The molecule has 0 radical (unpaired) electrons. The van der Waals surface area contributed by atoms with Crippen molar-refractivity contribution in [1.29, 1.82) is 0 Å². The first-order valence-corrected chi connectivity index (χ1v) is 5.75. The van der Waals surface area contributed by atoms with Crippen molar-refractivity contribution >= 4 is 23.6 Å². The largest absolute Gasteiger partial charge is 0.465 e. The molecule has 17 heavy (non-hydrogen) atoms. The van der Waals surface area contributed by atoms with E-state index in [1.165, 1.54) is 6.07 Å². The molecule has 1 rings (SSSR count). The second-order valence-electron chi connectivity index (χ2n) is 2.95. The maximum absolute atomic E-state index is 11.0. The number of carbonyl (C=O) groups is 1. The molecule has 0 heterocycles. The molecule has 0 spiro atoms. The highest BCUT2D eigenvalue weighted by atomic mass is 32.2. The average Bonchev–Trinajstić information content (AvgIpc) is 2.30. The molecule has 0 unspecified atom stereocenters. The molecular weight excluding hydrogens is 244 g/mol. The Hall–Kier alpha value is -1.60. The Labute approximate surface area is 103 Å². The van der Waals surface area contributed by atoms with Crippen molar-refractivity contribution in [3.63, 3.8) is 0 Å². The number of nitrogens with one attached hydrogen (secondary N) is 1. The summed E-state index contributed by atoms with van der Waals surface area (Å²) in [6.07, 6.45) is 0. The first-order valence-electron chi connectivity index (χ1n) is 4.94. The second kappa shape index (κ2) is 6.87. The van der Waals surface area contributed by atoms with Gasteiger partial charge in [-0.2, -0.15) is 0 Å². The van der Waals surface area contributed by atoms with E-state index in [1.807, 2.05) is 0 Å². The van der Waals surface area contributed by atoms with Crippen LogP contribution in [0, 0.1) is 10.1 Å². The van der Waals surface area contributed by atoms with Crippen LogP contribution in [0.1, 0.15) is 6.92 Å². The molecule has 92 valence electrons. The van der Waals surface area contributed by atoms with Crippen LogP contribution < -0.4 is 4.72 Å². The first kappa shape index (κ1) is 13.5. The molecule has 0 amide bonds. The van der Waals surface area contributed by atoms with Crippen LogP contribution in [-0.4, -0.2) is 24.0 Å². The Morgan fingerprint density at radius 3 is 2.88 bits per heavy atom. The number of hydrogen-bond donors (Lipinski definition) is 1. The van der Waals surface area contributed by atoms with Crippen molar-refractivity contribution in [2.45, 2.75) is 11.8 Å². The van der Waals surface area contributed by atoms with Gasteiger partial charge in [0, 0.05) is 6.07 Å². The van der Waals surface area contributed by atoms with E-state index in [-0.39, 0.29) is 12.2 Å². The lowest BCUT2D eigenvalue weighted by Crippen LogP contribution is -2.19.